The molecule has 0 amide bonds. The minimum absolute atomic E-state index is 0.116. The van der Waals surface area contributed by atoms with Crippen LogP contribution in [0, 0.1) is 10.1 Å². The van der Waals surface area contributed by atoms with Gasteiger partial charge < -0.3 is 5.32 Å². The van der Waals surface area contributed by atoms with Gasteiger partial charge in [-0.15, -0.1) is 0 Å². The van der Waals surface area contributed by atoms with Crippen LogP contribution in [0.3, 0.4) is 0 Å². The first-order valence-corrected chi connectivity index (χ1v) is 7.92. The van der Waals surface area contributed by atoms with Gasteiger partial charge in [0.15, 0.2) is 0 Å². The number of nitro benzene ring substituents is 1. The topological polar surface area (TPSA) is 101 Å². The molecule has 2 rings (SSSR count). The van der Waals surface area contributed by atoms with E-state index in [1.165, 1.54) is 19.2 Å². The minimum atomic E-state index is -3.82. The lowest BCUT2D eigenvalue weighted by Crippen LogP contribution is -2.23. The van der Waals surface area contributed by atoms with Crippen molar-refractivity contribution in [2.75, 3.05) is 12.4 Å². The molecule has 0 saturated heterocycles. The molecule has 2 N–H and O–H groups in total. The van der Waals surface area contributed by atoms with Crippen LogP contribution in [0.25, 0.3) is 0 Å². The molecule has 0 bridgehead atoms. The molecule has 116 valence electrons. The highest BCUT2D eigenvalue weighted by Crippen LogP contribution is 2.27. The Morgan fingerprint density at radius 1 is 1.14 bits per heavy atom. The summed E-state index contributed by atoms with van der Waals surface area (Å²) in [5.74, 6) is 0. The van der Waals surface area contributed by atoms with Gasteiger partial charge in [0.05, 0.1) is 9.82 Å². The van der Waals surface area contributed by atoms with Crippen molar-refractivity contribution in [3.63, 3.8) is 0 Å². The first-order chi connectivity index (χ1) is 10.4. The number of hydrogen-bond acceptors (Lipinski definition) is 5. The van der Waals surface area contributed by atoms with Gasteiger partial charge in [-0.3, -0.25) is 10.1 Å². The van der Waals surface area contributed by atoms with E-state index in [0.717, 1.165) is 11.6 Å². The van der Waals surface area contributed by atoms with Gasteiger partial charge in [0.1, 0.15) is 5.69 Å². The van der Waals surface area contributed by atoms with Crippen molar-refractivity contribution in [3.05, 3.63) is 64.2 Å². The highest BCUT2D eigenvalue weighted by Gasteiger charge is 2.20. The third-order valence-electron chi connectivity index (χ3n) is 3.05. The second-order valence-electron chi connectivity index (χ2n) is 4.50. The number of sulfonamides is 1. The largest absolute Gasteiger partial charge is 0.383 e. The van der Waals surface area contributed by atoms with Crippen molar-refractivity contribution < 1.29 is 13.3 Å². The van der Waals surface area contributed by atoms with Crippen molar-refractivity contribution in [1.82, 2.24) is 4.72 Å². The molecule has 0 unspecified atom stereocenters. The summed E-state index contributed by atoms with van der Waals surface area (Å²) in [6.45, 7) is 0.116. The first-order valence-electron chi connectivity index (χ1n) is 6.44. The van der Waals surface area contributed by atoms with E-state index in [1.807, 2.05) is 6.07 Å². The Kier molecular flexibility index (Phi) is 4.74. The van der Waals surface area contributed by atoms with Gasteiger partial charge in [0.25, 0.3) is 5.69 Å². The third kappa shape index (κ3) is 3.60. The Morgan fingerprint density at radius 3 is 2.41 bits per heavy atom. The number of anilines is 1. The van der Waals surface area contributed by atoms with E-state index in [4.69, 9.17) is 0 Å². The number of hydrogen-bond donors (Lipinski definition) is 2. The Labute approximate surface area is 128 Å². The maximum atomic E-state index is 12.2. The highest BCUT2D eigenvalue weighted by atomic mass is 32.2. The van der Waals surface area contributed by atoms with Crippen LogP contribution < -0.4 is 10.0 Å². The molecule has 0 aliphatic heterocycles. The number of nitrogens with one attached hydrogen (secondary N) is 2. The Bertz CT molecular complexity index is 776. The lowest BCUT2D eigenvalue weighted by molar-refractivity contribution is -0.384. The molecule has 0 saturated carbocycles. The molecule has 2 aromatic rings. The van der Waals surface area contributed by atoms with E-state index in [2.05, 4.69) is 10.0 Å². The predicted octanol–water partition coefficient (Wildman–Crippen LogP) is 2.12. The van der Waals surface area contributed by atoms with Crippen molar-refractivity contribution in [2.24, 2.45) is 0 Å². The standard InChI is InChI=1S/C14H15N3O4S/c1-15-13-8-7-12(9-14(13)17(18)19)22(20,21)16-10-11-5-3-2-4-6-11/h2-9,15-16H,10H2,1H3. The second kappa shape index (κ2) is 6.54. The smallest absolute Gasteiger partial charge is 0.293 e. The summed E-state index contributed by atoms with van der Waals surface area (Å²) in [4.78, 5) is 10.2. The van der Waals surface area contributed by atoms with Crippen molar-refractivity contribution in [2.45, 2.75) is 11.4 Å². The summed E-state index contributed by atoms with van der Waals surface area (Å²) in [5, 5.41) is 13.6. The maximum absolute atomic E-state index is 12.2. The zero-order valence-electron chi connectivity index (χ0n) is 11.8. The Morgan fingerprint density at radius 2 is 1.82 bits per heavy atom. The van der Waals surface area contributed by atoms with E-state index in [9.17, 15) is 18.5 Å². The average molecular weight is 321 g/mol. The molecule has 8 heteroatoms. The summed E-state index contributed by atoms with van der Waals surface area (Å²) >= 11 is 0. The fourth-order valence-corrected chi connectivity index (χ4v) is 2.94. The summed E-state index contributed by atoms with van der Waals surface area (Å²) < 4.78 is 26.9. The monoisotopic (exact) mass is 321 g/mol. The molecule has 0 aromatic heterocycles. The molecule has 0 fully saturated rings. The lowest BCUT2D eigenvalue weighted by Gasteiger charge is -2.08. The quantitative estimate of drug-likeness (QED) is 0.627. The molecule has 0 spiro atoms. The van der Waals surface area contributed by atoms with E-state index < -0.39 is 14.9 Å². The number of rotatable bonds is 6. The SMILES string of the molecule is CNc1ccc(S(=O)(=O)NCc2ccccc2)cc1[N+](=O)[O-]. The van der Waals surface area contributed by atoms with Gasteiger partial charge in [-0.1, -0.05) is 30.3 Å². The Balaban J connectivity index is 2.26. The zero-order valence-corrected chi connectivity index (χ0v) is 12.6. The number of nitrogens with zero attached hydrogens (tertiary/aromatic N) is 1. The summed E-state index contributed by atoms with van der Waals surface area (Å²) in [6.07, 6.45) is 0. The van der Waals surface area contributed by atoms with Crippen LogP contribution >= 0.6 is 0 Å². The fraction of sp³-hybridized carbons (Fsp3) is 0.143. The molecule has 0 heterocycles. The van der Waals surface area contributed by atoms with Crippen LogP contribution in [-0.4, -0.2) is 20.4 Å². The average Bonchev–Trinajstić information content (AvgIpc) is 2.53. The second-order valence-corrected chi connectivity index (χ2v) is 6.26. The summed E-state index contributed by atoms with van der Waals surface area (Å²) in [5.41, 5.74) is 0.768. The van der Waals surface area contributed by atoms with Crippen molar-refractivity contribution >= 4 is 21.4 Å². The van der Waals surface area contributed by atoms with Gasteiger partial charge in [-0.05, 0) is 17.7 Å². The molecular formula is C14H15N3O4S. The Hall–Kier alpha value is -2.45. The summed E-state index contributed by atoms with van der Waals surface area (Å²) in [7, 11) is -2.29. The maximum Gasteiger partial charge on any atom is 0.293 e. The van der Waals surface area contributed by atoms with Crippen molar-refractivity contribution in [1.29, 1.82) is 0 Å². The molecule has 22 heavy (non-hydrogen) atoms. The molecular weight excluding hydrogens is 306 g/mol. The van der Waals surface area contributed by atoms with Gasteiger partial charge in [-0.2, -0.15) is 0 Å². The van der Waals surface area contributed by atoms with Gasteiger partial charge >= 0.3 is 0 Å². The van der Waals surface area contributed by atoms with Gasteiger partial charge in [0, 0.05) is 19.7 Å². The highest BCUT2D eigenvalue weighted by molar-refractivity contribution is 7.89. The van der Waals surface area contributed by atoms with E-state index in [1.54, 1.807) is 24.3 Å². The van der Waals surface area contributed by atoms with Crippen LogP contribution in [0.1, 0.15) is 5.56 Å². The number of nitro groups is 1. The fourth-order valence-electron chi connectivity index (χ4n) is 1.90. The van der Waals surface area contributed by atoms with Crippen LogP contribution in [0.4, 0.5) is 11.4 Å². The van der Waals surface area contributed by atoms with Crippen LogP contribution in [0.2, 0.25) is 0 Å². The molecule has 7 nitrogen and oxygen atoms in total. The van der Waals surface area contributed by atoms with E-state index >= 15 is 0 Å². The molecule has 0 aliphatic carbocycles. The van der Waals surface area contributed by atoms with E-state index in [-0.39, 0.29) is 22.8 Å². The predicted molar refractivity (Wildman–Crippen MR) is 83.1 cm³/mol. The minimum Gasteiger partial charge on any atom is -0.383 e. The van der Waals surface area contributed by atoms with Crippen molar-refractivity contribution in [3.8, 4) is 0 Å². The lowest BCUT2D eigenvalue weighted by atomic mass is 10.2. The molecule has 0 radical (unpaired) electrons. The van der Waals surface area contributed by atoms with Gasteiger partial charge in [-0.25, -0.2) is 13.1 Å². The normalized spacial score (nSPS) is 11.1. The molecule has 0 aliphatic rings. The summed E-state index contributed by atoms with van der Waals surface area (Å²) in [6, 6.07) is 12.7. The third-order valence-corrected chi connectivity index (χ3v) is 4.45. The van der Waals surface area contributed by atoms with Crippen LogP contribution in [-0.2, 0) is 16.6 Å². The van der Waals surface area contributed by atoms with Gasteiger partial charge in [0.2, 0.25) is 10.0 Å². The number of benzene rings is 2. The molecule has 2 aromatic carbocycles. The van der Waals surface area contributed by atoms with Crippen LogP contribution in [0.5, 0.6) is 0 Å². The van der Waals surface area contributed by atoms with E-state index in [0.29, 0.717) is 0 Å². The molecule has 0 atom stereocenters. The first kappa shape index (κ1) is 15.9. The van der Waals surface area contributed by atoms with Crippen LogP contribution in [0.15, 0.2) is 53.4 Å². The zero-order chi connectivity index (χ0) is 16.2.